The highest BCUT2D eigenvalue weighted by Gasteiger charge is 2.10. The van der Waals surface area contributed by atoms with E-state index in [0.29, 0.717) is 5.28 Å². The monoisotopic (exact) mass is 635 g/mol. The molecule has 1 aromatic heterocycles. The predicted molar refractivity (Wildman–Crippen MR) is 196 cm³/mol. The summed E-state index contributed by atoms with van der Waals surface area (Å²) < 4.78 is 0. The summed E-state index contributed by atoms with van der Waals surface area (Å²) in [5, 5.41) is 0.305. The molecule has 0 aliphatic heterocycles. The van der Waals surface area contributed by atoms with Crippen LogP contribution in [0.15, 0.2) is 6.33 Å². The van der Waals surface area contributed by atoms with Gasteiger partial charge in [0.1, 0.15) is 6.33 Å². The molecular weight excluding hydrogens is 560 g/mol. The third kappa shape index (κ3) is 27.4. The number of hydrogen-bond donors (Lipinski definition) is 0. The molecule has 0 saturated carbocycles. The van der Waals surface area contributed by atoms with Gasteiger partial charge in [-0.25, -0.2) is 9.97 Å². The summed E-state index contributed by atoms with van der Waals surface area (Å²) in [6.45, 7) is 6.65. The fraction of sp³-hybridized carbons (Fsp3) is 0.923. The van der Waals surface area contributed by atoms with Gasteiger partial charge in [0.05, 0.1) is 0 Å². The topological polar surface area (TPSA) is 41.9 Å². The van der Waals surface area contributed by atoms with E-state index in [9.17, 15) is 0 Å². The summed E-state index contributed by atoms with van der Waals surface area (Å²) in [6.07, 6.45) is 46.4. The maximum atomic E-state index is 6.11. The Labute approximate surface area is 280 Å². The van der Waals surface area contributed by atoms with Crippen LogP contribution < -0.4 is 4.90 Å². The summed E-state index contributed by atoms with van der Waals surface area (Å²) >= 11 is 6.11. The lowest BCUT2D eigenvalue weighted by Crippen LogP contribution is -2.27. The van der Waals surface area contributed by atoms with Crippen molar-refractivity contribution in [2.75, 3.05) is 18.0 Å². The largest absolute Gasteiger partial charge is 0.341 e. The van der Waals surface area contributed by atoms with Crippen molar-refractivity contribution in [2.24, 2.45) is 0 Å². The molecule has 0 N–H and O–H groups in total. The van der Waals surface area contributed by atoms with Crippen LogP contribution in [0.2, 0.25) is 5.28 Å². The number of halogens is 1. The molecule has 0 aromatic carbocycles. The second kappa shape index (κ2) is 33.5. The molecule has 1 rings (SSSR count). The van der Waals surface area contributed by atoms with Crippen molar-refractivity contribution < 1.29 is 0 Å². The number of anilines is 1. The zero-order valence-electron chi connectivity index (χ0n) is 29.8. The Kier molecular flexibility index (Phi) is 31.3. The molecule has 0 amide bonds. The molecule has 0 radical (unpaired) electrons. The summed E-state index contributed by atoms with van der Waals surface area (Å²) in [6, 6.07) is 0. The first-order chi connectivity index (χ1) is 21.8. The summed E-state index contributed by atoms with van der Waals surface area (Å²) in [5.74, 6) is 0.756. The number of unbranched alkanes of at least 4 members (excludes halogenated alkanes) is 30. The standard InChI is InChI=1S/C39H75ClN4/c1-3-5-7-9-11-13-15-17-19-21-23-25-27-29-31-33-35-44(39-42-37-41-38(40)43-39)36-34-32-30-28-26-24-22-20-18-16-14-12-10-8-6-4-2/h37H,3-36H2,1-2H3. The first kappa shape index (κ1) is 41.1. The lowest BCUT2D eigenvalue weighted by Gasteiger charge is -2.22. The van der Waals surface area contributed by atoms with E-state index in [2.05, 4.69) is 33.7 Å². The molecule has 0 atom stereocenters. The van der Waals surface area contributed by atoms with Gasteiger partial charge < -0.3 is 4.90 Å². The SMILES string of the molecule is CCCCCCCCCCCCCCCCCCN(CCCCCCCCCCCCCCCCCC)c1ncnc(Cl)n1. The molecule has 0 bridgehead atoms. The fourth-order valence-corrected chi connectivity index (χ4v) is 6.55. The van der Waals surface area contributed by atoms with Crippen molar-refractivity contribution in [2.45, 2.75) is 219 Å². The van der Waals surface area contributed by atoms with E-state index >= 15 is 0 Å². The first-order valence-electron chi connectivity index (χ1n) is 19.9. The zero-order chi connectivity index (χ0) is 31.6. The number of rotatable bonds is 35. The van der Waals surface area contributed by atoms with Crippen LogP contribution in [0.3, 0.4) is 0 Å². The highest BCUT2D eigenvalue weighted by Crippen LogP contribution is 2.17. The van der Waals surface area contributed by atoms with Crippen molar-refractivity contribution >= 4 is 17.5 Å². The minimum absolute atomic E-state index is 0.305. The van der Waals surface area contributed by atoms with Crippen LogP contribution in [0.5, 0.6) is 0 Å². The molecule has 5 heteroatoms. The Morgan fingerprint density at radius 2 is 0.682 bits per heavy atom. The van der Waals surface area contributed by atoms with Crippen molar-refractivity contribution in [3.63, 3.8) is 0 Å². The normalized spacial score (nSPS) is 11.4. The van der Waals surface area contributed by atoms with Crippen LogP contribution in [0.25, 0.3) is 0 Å². The highest BCUT2D eigenvalue weighted by atomic mass is 35.5. The van der Waals surface area contributed by atoms with E-state index in [4.69, 9.17) is 11.6 Å². The van der Waals surface area contributed by atoms with Crippen molar-refractivity contribution in [3.8, 4) is 0 Å². The Balaban J connectivity index is 2.01. The molecule has 0 fully saturated rings. The molecule has 1 aromatic rings. The number of nitrogens with zero attached hydrogens (tertiary/aromatic N) is 4. The van der Waals surface area contributed by atoms with Crippen LogP contribution in [0, 0.1) is 0 Å². The van der Waals surface area contributed by atoms with Crippen LogP contribution in [-0.4, -0.2) is 28.0 Å². The van der Waals surface area contributed by atoms with Crippen LogP contribution >= 0.6 is 11.6 Å². The van der Waals surface area contributed by atoms with Gasteiger partial charge in [-0.2, -0.15) is 4.98 Å². The van der Waals surface area contributed by atoms with Gasteiger partial charge in [0.2, 0.25) is 11.2 Å². The average molecular weight is 636 g/mol. The Morgan fingerprint density at radius 1 is 0.409 bits per heavy atom. The first-order valence-corrected chi connectivity index (χ1v) is 20.2. The minimum atomic E-state index is 0.305. The van der Waals surface area contributed by atoms with E-state index < -0.39 is 0 Å². The van der Waals surface area contributed by atoms with E-state index in [1.165, 1.54) is 205 Å². The lowest BCUT2D eigenvalue weighted by atomic mass is 10.0. The Morgan fingerprint density at radius 3 is 0.955 bits per heavy atom. The van der Waals surface area contributed by atoms with Gasteiger partial charge in [-0.1, -0.05) is 206 Å². The third-order valence-corrected chi connectivity index (χ3v) is 9.56. The van der Waals surface area contributed by atoms with E-state index in [1.54, 1.807) is 6.33 Å². The minimum Gasteiger partial charge on any atom is -0.341 e. The van der Waals surface area contributed by atoms with Crippen LogP contribution in [-0.2, 0) is 0 Å². The predicted octanol–water partition coefficient (Wildman–Crippen LogP) is 13.9. The van der Waals surface area contributed by atoms with Crippen molar-refractivity contribution in [3.05, 3.63) is 11.6 Å². The number of hydrogen-bond acceptors (Lipinski definition) is 4. The second-order valence-corrected chi connectivity index (χ2v) is 14.0. The third-order valence-electron chi connectivity index (χ3n) is 9.38. The van der Waals surface area contributed by atoms with E-state index in [0.717, 1.165) is 19.0 Å². The number of aromatic nitrogens is 3. The smallest absolute Gasteiger partial charge is 0.229 e. The van der Waals surface area contributed by atoms with E-state index in [1.807, 2.05) is 0 Å². The molecule has 0 saturated heterocycles. The Bertz CT molecular complexity index is 664. The zero-order valence-corrected chi connectivity index (χ0v) is 30.5. The molecule has 4 nitrogen and oxygen atoms in total. The van der Waals surface area contributed by atoms with E-state index in [-0.39, 0.29) is 0 Å². The van der Waals surface area contributed by atoms with Gasteiger partial charge in [0.15, 0.2) is 0 Å². The summed E-state index contributed by atoms with van der Waals surface area (Å²) in [7, 11) is 0. The van der Waals surface area contributed by atoms with Gasteiger partial charge in [0.25, 0.3) is 0 Å². The van der Waals surface area contributed by atoms with Crippen molar-refractivity contribution in [1.82, 2.24) is 15.0 Å². The van der Waals surface area contributed by atoms with Crippen molar-refractivity contribution in [1.29, 1.82) is 0 Å². The fourth-order valence-electron chi connectivity index (χ4n) is 6.43. The maximum Gasteiger partial charge on any atom is 0.229 e. The van der Waals surface area contributed by atoms with Crippen LogP contribution in [0.1, 0.15) is 219 Å². The molecule has 0 spiro atoms. The molecule has 0 aliphatic carbocycles. The molecule has 44 heavy (non-hydrogen) atoms. The lowest BCUT2D eigenvalue weighted by molar-refractivity contribution is 0.523. The molecule has 0 unspecified atom stereocenters. The average Bonchev–Trinajstić information content (AvgIpc) is 3.03. The Hall–Kier alpha value is -0.900. The van der Waals surface area contributed by atoms with Gasteiger partial charge in [-0.05, 0) is 24.4 Å². The molecule has 0 aliphatic rings. The molecular formula is C39H75ClN4. The van der Waals surface area contributed by atoms with Gasteiger partial charge in [-0.3, -0.25) is 0 Å². The van der Waals surface area contributed by atoms with Gasteiger partial charge in [-0.15, -0.1) is 0 Å². The summed E-state index contributed by atoms with van der Waals surface area (Å²) in [4.78, 5) is 15.2. The highest BCUT2D eigenvalue weighted by molar-refractivity contribution is 6.28. The van der Waals surface area contributed by atoms with Crippen LogP contribution in [0.4, 0.5) is 5.95 Å². The second-order valence-electron chi connectivity index (χ2n) is 13.6. The maximum absolute atomic E-state index is 6.11. The van der Waals surface area contributed by atoms with Gasteiger partial charge >= 0.3 is 0 Å². The quantitative estimate of drug-likeness (QED) is 0.0696. The molecule has 258 valence electrons. The molecule has 1 heterocycles. The van der Waals surface area contributed by atoms with Gasteiger partial charge in [0, 0.05) is 13.1 Å². The summed E-state index contributed by atoms with van der Waals surface area (Å²) in [5.41, 5.74) is 0.